The average Bonchev–Trinajstić information content (AvgIpc) is 3.37. The Morgan fingerprint density at radius 1 is 1.10 bits per heavy atom. The number of furan rings is 1. The molecule has 152 valence electrons. The molecule has 0 aliphatic heterocycles. The van der Waals surface area contributed by atoms with E-state index in [9.17, 15) is 4.79 Å². The maximum absolute atomic E-state index is 11.1. The number of hydrogen-bond donors (Lipinski definition) is 1. The first-order valence-electron chi connectivity index (χ1n) is 10.2. The summed E-state index contributed by atoms with van der Waals surface area (Å²) in [6.45, 7) is 2.65. The standard InChI is InChI=1S/C25H24N2O3/c1-2-3-6-18-9-11-20(12-10-18)26-15-19-16-27(23-8-5-4-7-22(19)23)17-21-13-14-24(30-21)25(28)29/h4-5,7-16H,2-3,6,17H2,1H3,(H,28,29). The zero-order chi connectivity index (χ0) is 20.9. The van der Waals surface area contributed by atoms with Crippen LogP contribution in [0.2, 0.25) is 0 Å². The number of aromatic carboxylic acids is 1. The Morgan fingerprint density at radius 2 is 1.90 bits per heavy atom. The Hall–Kier alpha value is -3.60. The normalized spacial score (nSPS) is 11.5. The van der Waals surface area contributed by atoms with Crippen molar-refractivity contribution in [1.82, 2.24) is 4.57 Å². The van der Waals surface area contributed by atoms with E-state index in [1.807, 2.05) is 30.6 Å². The molecule has 1 N–H and O–H groups in total. The van der Waals surface area contributed by atoms with E-state index < -0.39 is 5.97 Å². The number of carboxylic acid groups (broad SMARTS) is 1. The Labute approximate surface area is 175 Å². The summed E-state index contributed by atoms with van der Waals surface area (Å²) in [6.07, 6.45) is 7.40. The lowest BCUT2D eigenvalue weighted by Crippen LogP contribution is -1.97. The van der Waals surface area contributed by atoms with Crippen LogP contribution >= 0.6 is 0 Å². The van der Waals surface area contributed by atoms with Crippen molar-refractivity contribution in [3.8, 4) is 0 Å². The predicted molar refractivity (Wildman–Crippen MR) is 119 cm³/mol. The molecule has 5 nitrogen and oxygen atoms in total. The van der Waals surface area contributed by atoms with Crippen LogP contribution in [-0.4, -0.2) is 21.9 Å². The molecular weight excluding hydrogens is 376 g/mol. The highest BCUT2D eigenvalue weighted by Crippen LogP contribution is 2.23. The number of carboxylic acids is 1. The smallest absolute Gasteiger partial charge is 0.371 e. The molecule has 0 spiro atoms. The lowest BCUT2D eigenvalue weighted by molar-refractivity contribution is 0.0660. The Bertz CT molecular complexity index is 1180. The summed E-state index contributed by atoms with van der Waals surface area (Å²) >= 11 is 0. The summed E-state index contributed by atoms with van der Waals surface area (Å²) in [6, 6.07) is 19.7. The van der Waals surface area contributed by atoms with Gasteiger partial charge in [0.15, 0.2) is 0 Å². The van der Waals surface area contributed by atoms with Gasteiger partial charge in [0.2, 0.25) is 5.76 Å². The highest BCUT2D eigenvalue weighted by molar-refractivity contribution is 6.00. The molecule has 0 saturated carbocycles. The van der Waals surface area contributed by atoms with Crippen molar-refractivity contribution in [1.29, 1.82) is 0 Å². The van der Waals surface area contributed by atoms with Crippen LogP contribution in [0.15, 0.2) is 76.3 Å². The van der Waals surface area contributed by atoms with Crippen LogP contribution in [0.5, 0.6) is 0 Å². The van der Waals surface area contributed by atoms with E-state index in [2.05, 4.69) is 46.8 Å². The summed E-state index contributed by atoms with van der Waals surface area (Å²) in [5.41, 5.74) is 4.31. The van der Waals surface area contributed by atoms with E-state index in [1.165, 1.54) is 24.5 Å². The van der Waals surface area contributed by atoms with Crippen molar-refractivity contribution in [2.45, 2.75) is 32.7 Å². The average molecular weight is 400 g/mol. The molecule has 30 heavy (non-hydrogen) atoms. The van der Waals surface area contributed by atoms with E-state index >= 15 is 0 Å². The molecule has 5 heteroatoms. The fraction of sp³-hybridized carbons (Fsp3) is 0.200. The van der Waals surface area contributed by atoms with Crippen LogP contribution in [0.25, 0.3) is 10.9 Å². The van der Waals surface area contributed by atoms with Gasteiger partial charge >= 0.3 is 5.97 Å². The molecule has 0 radical (unpaired) electrons. The first-order valence-corrected chi connectivity index (χ1v) is 10.2. The molecule has 4 aromatic rings. The lowest BCUT2D eigenvalue weighted by atomic mass is 10.1. The third-order valence-corrected chi connectivity index (χ3v) is 5.13. The molecule has 0 amide bonds. The Balaban J connectivity index is 1.58. The summed E-state index contributed by atoms with van der Waals surface area (Å²) in [5, 5.41) is 10.1. The monoisotopic (exact) mass is 400 g/mol. The molecule has 2 aromatic heterocycles. The number of fused-ring (bicyclic) bond motifs is 1. The van der Waals surface area contributed by atoms with Gasteiger partial charge in [0.05, 0.1) is 12.2 Å². The number of hydrogen-bond acceptors (Lipinski definition) is 3. The fourth-order valence-electron chi connectivity index (χ4n) is 3.53. The summed E-state index contributed by atoms with van der Waals surface area (Å²) in [4.78, 5) is 15.7. The van der Waals surface area contributed by atoms with Gasteiger partial charge < -0.3 is 14.1 Å². The van der Waals surface area contributed by atoms with Gasteiger partial charge in [-0.05, 0) is 48.7 Å². The molecule has 2 aromatic carbocycles. The number of aryl methyl sites for hydroxylation is 1. The molecule has 0 atom stereocenters. The van der Waals surface area contributed by atoms with Crippen molar-refractivity contribution in [3.05, 3.63) is 89.5 Å². The second kappa shape index (κ2) is 8.82. The predicted octanol–water partition coefficient (Wildman–Crippen LogP) is 6.07. The first kappa shape index (κ1) is 19.7. The maximum Gasteiger partial charge on any atom is 0.371 e. The van der Waals surface area contributed by atoms with Gasteiger partial charge in [0, 0.05) is 28.9 Å². The van der Waals surface area contributed by atoms with Gasteiger partial charge in [-0.1, -0.05) is 43.7 Å². The van der Waals surface area contributed by atoms with Crippen molar-refractivity contribution >= 4 is 28.8 Å². The van der Waals surface area contributed by atoms with Crippen LogP contribution in [0.4, 0.5) is 5.69 Å². The molecule has 0 fully saturated rings. The number of aliphatic imine (C=N–C) groups is 1. The SMILES string of the molecule is CCCCc1ccc(N=Cc2cn(Cc3ccc(C(=O)O)o3)c3ccccc23)cc1. The molecule has 0 saturated heterocycles. The summed E-state index contributed by atoms with van der Waals surface area (Å²) in [7, 11) is 0. The quantitative estimate of drug-likeness (QED) is 0.365. The highest BCUT2D eigenvalue weighted by Gasteiger charge is 2.12. The Kier molecular flexibility index (Phi) is 5.80. The summed E-state index contributed by atoms with van der Waals surface area (Å²) < 4.78 is 7.47. The molecule has 0 aliphatic carbocycles. The minimum atomic E-state index is -1.06. The van der Waals surface area contributed by atoms with E-state index in [4.69, 9.17) is 9.52 Å². The molecule has 0 aliphatic rings. The number of aromatic nitrogens is 1. The van der Waals surface area contributed by atoms with Gasteiger partial charge in [-0.15, -0.1) is 0 Å². The fourth-order valence-corrected chi connectivity index (χ4v) is 3.53. The van der Waals surface area contributed by atoms with E-state index in [1.54, 1.807) is 6.07 Å². The van der Waals surface area contributed by atoms with Gasteiger partial charge in [0.25, 0.3) is 0 Å². The molecule has 0 bridgehead atoms. The maximum atomic E-state index is 11.1. The van der Waals surface area contributed by atoms with E-state index in [0.29, 0.717) is 12.3 Å². The second-order valence-corrected chi connectivity index (χ2v) is 7.33. The zero-order valence-electron chi connectivity index (χ0n) is 16.9. The third-order valence-electron chi connectivity index (χ3n) is 5.13. The number of para-hydroxylation sites is 1. The van der Waals surface area contributed by atoms with Crippen molar-refractivity contribution < 1.29 is 14.3 Å². The largest absolute Gasteiger partial charge is 0.475 e. The van der Waals surface area contributed by atoms with Crippen LogP contribution < -0.4 is 0 Å². The second-order valence-electron chi connectivity index (χ2n) is 7.33. The van der Waals surface area contributed by atoms with Gasteiger partial charge in [-0.2, -0.15) is 0 Å². The molecule has 4 rings (SSSR count). The molecule has 2 heterocycles. The summed E-state index contributed by atoms with van der Waals surface area (Å²) in [5.74, 6) is -0.517. The van der Waals surface area contributed by atoms with Crippen molar-refractivity contribution in [3.63, 3.8) is 0 Å². The highest BCUT2D eigenvalue weighted by atomic mass is 16.4. The number of rotatable bonds is 8. The number of nitrogens with zero attached hydrogens (tertiary/aromatic N) is 2. The molecular formula is C25H24N2O3. The minimum absolute atomic E-state index is 0.0503. The number of carbonyl (C=O) groups is 1. The first-order chi connectivity index (χ1) is 14.6. The van der Waals surface area contributed by atoms with Crippen LogP contribution in [0.3, 0.4) is 0 Å². The lowest BCUT2D eigenvalue weighted by Gasteiger charge is -2.02. The third kappa shape index (κ3) is 4.35. The van der Waals surface area contributed by atoms with Crippen molar-refractivity contribution in [2.75, 3.05) is 0 Å². The van der Waals surface area contributed by atoms with E-state index in [-0.39, 0.29) is 5.76 Å². The van der Waals surface area contributed by atoms with Crippen LogP contribution in [-0.2, 0) is 13.0 Å². The molecule has 0 unspecified atom stereocenters. The van der Waals surface area contributed by atoms with Gasteiger partial charge in [0.1, 0.15) is 5.76 Å². The topological polar surface area (TPSA) is 67.7 Å². The minimum Gasteiger partial charge on any atom is -0.475 e. The number of benzene rings is 2. The van der Waals surface area contributed by atoms with Crippen LogP contribution in [0, 0.1) is 0 Å². The van der Waals surface area contributed by atoms with Gasteiger partial charge in [-0.25, -0.2) is 4.79 Å². The van der Waals surface area contributed by atoms with E-state index in [0.717, 1.165) is 28.6 Å². The van der Waals surface area contributed by atoms with Crippen molar-refractivity contribution in [2.24, 2.45) is 4.99 Å². The number of unbranched alkanes of at least 4 members (excludes halogenated alkanes) is 1. The van der Waals surface area contributed by atoms with Crippen LogP contribution in [0.1, 0.15) is 47.2 Å². The Morgan fingerprint density at radius 3 is 2.63 bits per heavy atom. The zero-order valence-corrected chi connectivity index (χ0v) is 16.9. The van der Waals surface area contributed by atoms with Gasteiger partial charge in [-0.3, -0.25) is 4.99 Å².